The number of aliphatic carboxylic acids is 1. The van der Waals surface area contributed by atoms with Crippen molar-refractivity contribution in [3.8, 4) is 28.5 Å². The summed E-state index contributed by atoms with van der Waals surface area (Å²) in [5.41, 5.74) is -0.137. The maximum atomic E-state index is 14.1. The van der Waals surface area contributed by atoms with Gasteiger partial charge in [-0.05, 0) is 55.1 Å². The van der Waals surface area contributed by atoms with Crippen LogP contribution in [0.15, 0.2) is 59.3 Å². The van der Waals surface area contributed by atoms with Crippen LogP contribution in [-0.2, 0) is 11.0 Å². The number of aliphatic hydroxyl groups is 1. The zero-order chi connectivity index (χ0) is 28.4. The Hall–Kier alpha value is -3.74. The number of aliphatic hydroxyl groups excluding tert-OH is 1. The predicted octanol–water partition coefficient (Wildman–Crippen LogP) is 5.48. The first-order valence-electron chi connectivity index (χ1n) is 12.6. The van der Waals surface area contributed by atoms with Crippen molar-refractivity contribution in [1.82, 2.24) is 24.8 Å². The van der Waals surface area contributed by atoms with Crippen LogP contribution < -0.4 is 0 Å². The SMILES string of the molecule is O=C(O)C[C@H]1CCCN(C[C@@H](O)c2ccc(-c3noc(-c4cnn(-c5ccc(Cl)cc5)c4C(F)(F)F)n3)cc2)C1. The van der Waals surface area contributed by atoms with E-state index in [2.05, 4.69) is 20.1 Å². The third kappa shape index (κ3) is 6.19. The number of hydrogen-bond acceptors (Lipinski definition) is 7. The van der Waals surface area contributed by atoms with Gasteiger partial charge in [0.05, 0.1) is 23.6 Å². The van der Waals surface area contributed by atoms with Crippen LogP contribution in [0.3, 0.4) is 0 Å². The summed E-state index contributed by atoms with van der Waals surface area (Å²) in [6, 6.07) is 12.4. The number of rotatable bonds is 8. The summed E-state index contributed by atoms with van der Waals surface area (Å²) >= 11 is 5.86. The fourth-order valence-corrected chi connectivity index (χ4v) is 5.07. The van der Waals surface area contributed by atoms with Crippen molar-refractivity contribution in [1.29, 1.82) is 0 Å². The first-order valence-corrected chi connectivity index (χ1v) is 12.9. The molecule has 0 spiro atoms. The molecule has 9 nitrogen and oxygen atoms in total. The smallest absolute Gasteiger partial charge is 0.434 e. The lowest BCUT2D eigenvalue weighted by Gasteiger charge is -2.33. The zero-order valence-electron chi connectivity index (χ0n) is 21.1. The molecule has 5 rings (SSSR count). The van der Waals surface area contributed by atoms with Crippen LogP contribution in [0, 0.1) is 5.92 Å². The quantitative estimate of drug-likeness (QED) is 0.284. The maximum absolute atomic E-state index is 14.1. The highest BCUT2D eigenvalue weighted by atomic mass is 35.5. The molecular weight excluding hydrogens is 551 g/mol. The van der Waals surface area contributed by atoms with Gasteiger partial charge >= 0.3 is 12.1 Å². The molecule has 2 atom stereocenters. The number of benzene rings is 2. The summed E-state index contributed by atoms with van der Waals surface area (Å²) in [4.78, 5) is 17.3. The van der Waals surface area contributed by atoms with E-state index in [0.29, 0.717) is 29.2 Å². The number of carbonyl (C=O) groups is 1. The lowest BCUT2D eigenvalue weighted by atomic mass is 9.94. The number of β-amino-alcohol motifs (C(OH)–C–C–N with tert-alkyl or cyclic N) is 1. The van der Waals surface area contributed by atoms with Gasteiger partial charge in [0.2, 0.25) is 5.82 Å². The fraction of sp³-hybridized carbons (Fsp3) is 0.333. The van der Waals surface area contributed by atoms with Crippen molar-refractivity contribution in [2.75, 3.05) is 19.6 Å². The molecule has 40 heavy (non-hydrogen) atoms. The molecule has 2 N–H and O–H groups in total. The highest BCUT2D eigenvalue weighted by Gasteiger charge is 2.40. The molecule has 0 amide bonds. The number of halogens is 4. The van der Waals surface area contributed by atoms with E-state index < -0.39 is 23.9 Å². The molecule has 1 saturated heterocycles. The van der Waals surface area contributed by atoms with Crippen LogP contribution in [0.25, 0.3) is 28.5 Å². The van der Waals surface area contributed by atoms with Gasteiger partial charge in [0, 0.05) is 30.1 Å². The lowest BCUT2D eigenvalue weighted by Crippen LogP contribution is -2.38. The molecule has 4 aromatic rings. The second-order valence-corrected chi connectivity index (χ2v) is 10.2. The van der Waals surface area contributed by atoms with Crippen LogP contribution in [0.2, 0.25) is 5.02 Å². The van der Waals surface area contributed by atoms with E-state index in [9.17, 15) is 23.1 Å². The monoisotopic (exact) mass is 575 g/mol. The van der Waals surface area contributed by atoms with Crippen molar-refractivity contribution in [3.05, 3.63) is 71.0 Å². The molecule has 2 aromatic heterocycles. The maximum Gasteiger partial charge on any atom is 0.434 e. The number of nitrogens with zero attached hydrogens (tertiary/aromatic N) is 5. The van der Waals surface area contributed by atoms with Crippen molar-refractivity contribution in [2.24, 2.45) is 5.92 Å². The number of piperidine rings is 1. The van der Waals surface area contributed by atoms with E-state index in [4.69, 9.17) is 21.2 Å². The normalized spacial score (nSPS) is 17.2. The molecule has 0 aliphatic carbocycles. The molecule has 1 fully saturated rings. The van der Waals surface area contributed by atoms with Crippen LogP contribution in [0.1, 0.15) is 36.6 Å². The Bertz CT molecular complexity index is 1470. The van der Waals surface area contributed by atoms with Crippen molar-refractivity contribution in [2.45, 2.75) is 31.5 Å². The van der Waals surface area contributed by atoms with Gasteiger partial charge in [-0.2, -0.15) is 23.3 Å². The number of carboxylic acid groups (broad SMARTS) is 1. The van der Waals surface area contributed by atoms with Crippen LogP contribution in [0.5, 0.6) is 0 Å². The highest BCUT2D eigenvalue weighted by molar-refractivity contribution is 6.30. The topological polar surface area (TPSA) is 118 Å². The van der Waals surface area contributed by atoms with Crippen LogP contribution >= 0.6 is 11.6 Å². The Morgan fingerprint density at radius 3 is 2.55 bits per heavy atom. The Balaban J connectivity index is 1.32. The summed E-state index contributed by atoms with van der Waals surface area (Å²) in [6.45, 7) is 1.76. The second-order valence-electron chi connectivity index (χ2n) is 9.72. The van der Waals surface area contributed by atoms with Crippen molar-refractivity contribution in [3.63, 3.8) is 0 Å². The van der Waals surface area contributed by atoms with E-state index in [1.165, 1.54) is 24.3 Å². The van der Waals surface area contributed by atoms with Crippen LogP contribution in [-0.4, -0.2) is 60.6 Å². The van der Waals surface area contributed by atoms with Gasteiger partial charge < -0.3 is 19.6 Å². The van der Waals surface area contributed by atoms with Gasteiger partial charge in [-0.3, -0.25) is 4.79 Å². The summed E-state index contributed by atoms with van der Waals surface area (Å²) < 4.78 is 48.1. The summed E-state index contributed by atoms with van der Waals surface area (Å²) in [6.07, 6.45) is -2.70. The molecule has 0 bridgehead atoms. The minimum Gasteiger partial charge on any atom is -0.481 e. The average Bonchev–Trinajstić information content (AvgIpc) is 3.57. The Morgan fingerprint density at radius 1 is 1.15 bits per heavy atom. The Labute approximate surface area is 231 Å². The third-order valence-corrected chi connectivity index (χ3v) is 7.07. The molecule has 1 aliphatic heterocycles. The Morgan fingerprint density at radius 2 is 1.88 bits per heavy atom. The fourth-order valence-electron chi connectivity index (χ4n) is 4.94. The van der Waals surface area contributed by atoms with Gasteiger partial charge in [-0.25, -0.2) is 4.68 Å². The standard InChI is InChI=1S/C27H25ClF3N5O4/c28-19-7-9-20(10-8-19)36-24(27(29,30)31)21(13-32-36)26-33-25(34-40-26)18-5-3-17(4-6-18)22(37)15-35-11-1-2-16(14-35)12-23(38)39/h3-10,13,16,22,37H,1-2,11-12,14-15H2,(H,38,39)/t16-,22-/m1/s1. The summed E-state index contributed by atoms with van der Waals surface area (Å²) in [5, 5.41) is 27.9. The van der Waals surface area contributed by atoms with Gasteiger partial charge in [-0.1, -0.05) is 41.0 Å². The minimum atomic E-state index is -4.76. The first kappa shape index (κ1) is 27.8. The molecule has 0 unspecified atom stereocenters. The van der Waals surface area contributed by atoms with E-state index in [0.717, 1.165) is 30.3 Å². The molecule has 13 heteroatoms. The molecule has 1 aliphatic rings. The molecule has 3 heterocycles. The van der Waals surface area contributed by atoms with E-state index in [1.54, 1.807) is 24.3 Å². The molecule has 0 saturated carbocycles. The molecule has 0 radical (unpaired) electrons. The Kier molecular flexibility index (Phi) is 7.92. The predicted molar refractivity (Wildman–Crippen MR) is 139 cm³/mol. The van der Waals surface area contributed by atoms with Crippen molar-refractivity contribution >= 4 is 17.6 Å². The lowest BCUT2D eigenvalue weighted by molar-refractivity contribution is -0.142. The van der Waals surface area contributed by atoms with Crippen molar-refractivity contribution < 1.29 is 32.7 Å². The van der Waals surface area contributed by atoms with E-state index in [-0.39, 0.29) is 35.3 Å². The molecule has 2 aromatic carbocycles. The number of carboxylic acids is 1. The number of hydrogen-bond donors (Lipinski definition) is 2. The molecular formula is C27H25ClF3N5O4. The minimum absolute atomic E-state index is 0.0596. The van der Waals surface area contributed by atoms with Gasteiger partial charge in [-0.15, -0.1) is 0 Å². The second kappa shape index (κ2) is 11.4. The van der Waals surface area contributed by atoms with E-state index >= 15 is 0 Å². The number of alkyl halides is 3. The number of aromatic nitrogens is 4. The highest BCUT2D eigenvalue weighted by Crippen LogP contribution is 2.38. The molecule has 210 valence electrons. The largest absolute Gasteiger partial charge is 0.481 e. The number of likely N-dealkylation sites (tertiary alicyclic amines) is 1. The van der Waals surface area contributed by atoms with Gasteiger partial charge in [0.1, 0.15) is 0 Å². The average molecular weight is 576 g/mol. The summed E-state index contributed by atoms with van der Waals surface area (Å²) in [7, 11) is 0. The summed E-state index contributed by atoms with van der Waals surface area (Å²) in [5.74, 6) is -1.02. The van der Waals surface area contributed by atoms with E-state index in [1.807, 2.05) is 0 Å². The third-order valence-electron chi connectivity index (χ3n) is 6.82. The van der Waals surface area contributed by atoms with Gasteiger partial charge in [0.25, 0.3) is 5.89 Å². The zero-order valence-corrected chi connectivity index (χ0v) is 21.8. The van der Waals surface area contributed by atoms with Gasteiger partial charge in [0.15, 0.2) is 5.69 Å². The first-order chi connectivity index (χ1) is 19.1. The van der Waals surface area contributed by atoms with Crippen LogP contribution in [0.4, 0.5) is 13.2 Å².